The summed E-state index contributed by atoms with van der Waals surface area (Å²) in [5.41, 5.74) is 1.61. The molecule has 1 aromatic carbocycles. The molecule has 9 heteroatoms. The summed E-state index contributed by atoms with van der Waals surface area (Å²) in [5.74, 6) is 1.03. The number of carbonyl (C=O) groups is 1. The molecule has 7 nitrogen and oxygen atoms in total. The molecule has 0 bridgehead atoms. The Kier molecular flexibility index (Phi) is 4.86. The van der Waals surface area contributed by atoms with Gasteiger partial charge in [0.1, 0.15) is 0 Å². The lowest BCUT2D eigenvalue weighted by atomic mass is 10.2. The van der Waals surface area contributed by atoms with Gasteiger partial charge in [-0.3, -0.25) is 10.1 Å². The van der Waals surface area contributed by atoms with Gasteiger partial charge in [-0.25, -0.2) is 0 Å². The van der Waals surface area contributed by atoms with Crippen molar-refractivity contribution in [3.05, 3.63) is 41.0 Å². The summed E-state index contributed by atoms with van der Waals surface area (Å²) in [6.07, 6.45) is 0. The van der Waals surface area contributed by atoms with Crippen LogP contribution in [0.2, 0.25) is 5.02 Å². The van der Waals surface area contributed by atoms with Crippen LogP contribution in [0.3, 0.4) is 0 Å². The summed E-state index contributed by atoms with van der Waals surface area (Å²) in [7, 11) is 1.85. The van der Waals surface area contributed by atoms with Crippen molar-refractivity contribution in [1.29, 1.82) is 0 Å². The maximum absolute atomic E-state index is 11.9. The van der Waals surface area contributed by atoms with Crippen LogP contribution in [0.4, 0.5) is 5.88 Å². The van der Waals surface area contributed by atoms with Crippen molar-refractivity contribution < 1.29 is 9.32 Å². The Morgan fingerprint density at radius 1 is 1.33 bits per heavy atom. The first-order valence-electron chi connectivity index (χ1n) is 7.04. The summed E-state index contributed by atoms with van der Waals surface area (Å²) in [4.78, 5) is 11.9. The molecule has 3 rings (SSSR count). The number of nitrogens with zero attached hydrogens (tertiary/aromatic N) is 4. The zero-order valence-electron chi connectivity index (χ0n) is 13.0. The zero-order valence-corrected chi connectivity index (χ0v) is 14.6. The maximum Gasteiger partial charge on any atom is 0.237 e. The Morgan fingerprint density at radius 3 is 2.75 bits per heavy atom. The number of halogens is 1. The highest BCUT2D eigenvalue weighted by molar-refractivity contribution is 7.99. The first-order valence-corrected chi connectivity index (χ1v) is 8.40. The van der Waals surface area contributed by atoms with Crippen LogP contribution < -0.4 is 5.32 Å². The van der Waals surface area contributed by atoms with Gasteiger partial charge in [0.05, 0.1) is 11.4 Å². The van der Waals surface area contributed by atoms with Crippen LogP contribution >= 0.6 is 23.4 Å². The topological polar surface area (TPSA) is 85.8 Å². The third-order valence-corrected chi connectivity index (χ3v) is 4.43. The number of thioether (sulfide) groups is 1. The fourth-order valence-electron chi connectivity index (χ4n) is 2.02. The highest BCUT2D eigenvalue weighted by atomic mass is 35.5. The second-order valence-electron chi connectivity index (χ2n) is 5.04. The SMILES string of the molecule is Cc1cc(NC(=O)CSc2nnc(-c3ccc(Cl)cc3)n2C)on1. The van der Waals surface area contributed by atoms with Crippen LogP contribution in [0.15, 0.2) is 40.0 Å². The molecule has 0 aliphatic heterocycles. The zero-order chi connectivity index (χ0) is 17.1. The second kappa shape index (κ2) is 7.06. The van der Waals surface area contributed by atoms with E-state index in [0.29, 0.717) is 27.6 Å². The Morgan fingerprint density at radius 2 is 2.08 bits per heavy atom. The number of hydrogen-bond acceptors (Lipinski definition) is 6. The van der Waals surface area contributed by atoms with E-state index in [1.54, 1.807) is 25.1 Å². The van der Waals surface area contributed by atoms with Crippen LogP contribution in [-0.4, -0.2) is 31.6 Å². The molecule has 0 aliphatic rings. The van der Waals surface area contributed by atoms with Crippen molar-refractivity contribution >= 4 is 35.2 Å². The van der Waals surface area contributed by atoms with Crippen LogP contribution in [0.1, 0.15) is 5.69 Å². The lowest BCUT2D eigenvalue weighted by molar-refractivity contribution is -0.113. The number of aromatic nitrogens is 4. The third-order valence-electron chi connectivity index (χ3n) is 3.16. The van der Waals surface area contributed by atoms with E-state index in [2.05, 4.69) is 20.7 Å². The number of hydrogen-bond donors (Lipinski definition) is 1. The number of nitrogens with one attached hydrogen (secondary N) is 1. The lowest BCUT2D eigenvalue weighted by Crippen LogP contribution is -2.14. The number of aryl methyl sites for hydroxylation is 1. The Balaban J connectivity index is 1.63. The monoisotopic (exact) mass is 363 g/mol. The van der Waals surface area contributed by atoms with E-state index >= 15 is 0 Å². The van der Waals surface area contributed by atoms with E-state index < -0.39 is 0 Å². The molecule has 0 atom stereocenters. The highest BCUT2D eigenvalue weighted by Crippen LogP contribution is 2.24. The van der Waals surface area contributed by atoms with Crippen molar-refractivity contribution in [3.63, 3.8) is 0 Å². The summed E-state index contributed by atoms with van der Waals surface area (Å²) in [6, 6.07) is 9.00. The molecule has 0 unspecified atom stereocenters. The Bertz CT molecular complexity index is 859. The first kappa shape index (κ1) is 16.5. The average Bonchev–Trinajstić information content (AvgIpc) is 3.12. The van der Waals surface area contributed by atoms with E-state index in [1.807, 2.05) is 23.7 Å². The highest BCUT2D eigenvalue weighted by Gasteiger charge is 2.13. The van der Waals surface area contributed by atoms with Gasteiger partial charge in [-0.2, -0.15) is 0 Å². The molecule has 0 saturated heterocycles. The van der Waals surface area contributed by atoms with Crippen molar-refractivity contribution in [1.82, 2.24) is 19.9 Å². The smallest absolute Gasteiger partial charge is 0.237 e. The molecule has 0 spiro atoms. The van der Waals surface area contributed by atoms with Gasteiger partial charge >= 0.3 is 0 Å². The van der Waals surface area contributed by atoms with Gasteiger partial charge in [0.2, 0.25) is 11.8 Å². The van der Waals surface area contributed by atoms with Gasteiger partial charge in [-0.15, -0.1) is 10.2 Å². The molecule has 0 saturated carbocycles. The molecule has 2 heterocycles. The van der Waals surface area contributed by atoms with Crippen molar-refractivity contribution in [3.8, 4) is 11.4 Å². The van der Waals surface area contributed by atoms with Gasteiger partial charge in [0.15, 0.2) is 11.0 Å². The molecule has 0 aliphatic carbocycles. The van der Waals surface area contributed by atoms with Gasteiger partial charge in [0.25, 0.3) is 0 Å². The summed E-state index contributed by atoms with van der Waals surface area (Å²) in [6.45, 7) is 1.78. The molecule has 3 aromatic rings. The predicted octanol–water partition coefficient (Wildman–Crippen LogP) is 3.16. The minimum atomic E-state index is -0.202. The van der Waals surface area contributed by atoms with Gasteiger partial charge in [0, 0.05) is 23.7 Å². The van der Waals surface area contributed by atoms with Crippen LogP contribution in [0, 0.1) is 6.92 Å². The number of carbonyl (C=O) groups excluding carboxylic acids is 1. The van der Waals surface area contributed by atoms with Crippen molar-refractivity contribution in [2.45, 2.75) is 12.1 Å². The molecule has 2 aromatic heterocycles. The summed E-state index contributed by atoms with van der Waals surface area (Å²) < 4.78 is 6.78. The molecule has 124 valence electrons. The average molecular weight is 364 g/mol. The van der Waals surface area contributed by atoms with Gasteiger partial charge in [-0.05, 0) is 31.2 Å². The first-order chi connectivity index (χ1) is 11.5. The van der Waals surface area contributed by atoms with Crippen LogP contribution in [0.5, 0.6) is 0 Å². The molecular weight excluding hydrogens is 350 g/mol. The molecule has 1 amide bonds. The number of rotatable bonds is 5. The normalized spacial score (nSPS) is 10.8. The largest absolute Gasteiger partial charge is 0.338 e. The molecule has 0 radical (unpaired) electrons. The minimum absolute atomic E-state index is 0.187. The Hall–Kier alpha value is -2.32. The summed E-state index contributed by atoms with van der Waals surface area (Å²) in [5, 5.41) is 15.9. The van der Waals surface area contributed by atoms with E-state index in [0.717, 1.165) is 5.56 Å². The number of amides is 1. The number of anilines is 1. The van der Waals surface area contributed by atoms with Crippen molar-refractivity contribution in [2.24, 2.45) is 7.05 Å². The molecule has 24 heavy (non-hydrogen) atoms. The predicted molar refractivity (Wildman–Crippen MR) is 92.0 cm³/mol. The second-order valence-corrected chi connectivity index (χ2v) is 6.42. The molecular formula is C15H14ClN5O2S. The fraction of sp³-hybridized carbons (Fsp3) is 0.200. The van der Waals surface area contributed by atoms with E-state index in [1.165, 1.54) is 11.8 Å². The van der Waals surface area contributed by atoms with Crippen LogP contribution in [-0.2, 0) is 11.8 Å². The quantitative estimate of drug-likeness (QED) is 0.701. The third kappa shape index (κ3) is 3.77. The van der Waals surface area contributed by atoms with E-state index in [4.69, 9.17) is 16.1 Å². The lowest BCUT2D eigenvalue weighted by Gasteiger charge is -2.04. The standard InChI is InChI=1S/C15H14ClN5O2S/c1-9-7-13(23-20-9)17-12(22)8-24-15-19-18-14(21(15)2)10-3-5-11(16)6-4-10/h3-7H,8H2,1-2H3,(H,17,22). The molecule has 1 N–H and O–H groups in total. The van der Waals surface area contributed by atoms with Crippen LogP contribution in [0.25, 0.3) is 11.4 Å². The van der Waals surface area contributed by atoms with Gasteiger partial charge < -0.3 is 9.09 Å². The fourth-order valence-corrected chi connectivity index (χ4v) is 2.85. The number of benzene rings is 1. The molecule has 0 fully saturated rings. The van der Waals surface area contributed by atoms with Gasteiger partial charge in [-0.1, -0.05) is 28.5 Å². The Labute approximate surface area is 147 Å². The van der Waals surface area contributed by atoms with E-state index in [9.17, 15) is 4.79 Å². The maximum atomic E-state index is 11.9. The summed E-state index contributed by atoms with van der Waals surface area (Å²) >= 11 is 7.18. The minimum Gasteiger partial charge on any atom is -0.338 e. The van der Waals surface area contributed by atoms with Crippen molar-refractivity contribution in [2.75, 3.05) is 11.1 Å². The van der Waals surface area contributed by atoms with E-state index in [-0.39, 0.29) is 11.7 Å².